The first-order valence-electron chi connectivity index (χ1n) is 7.69. The van der Waals surface area contributed by atoms with Gasteiger partial charge in [-0.25, -0.2) is 4.68 Å². The third kappa shape index (κ3) is 3.24. The minimum absolute atomic E-state index is 0.0329. The van der Waals surface area contributed by atoms with Crippen LogP contribution in [0.15, 0.2) is 6.20 Å². The second-order valence-electron chi connectivity index (χ2n) is 6.08. The van der Waals surface area contributed by atoms with Crippen molar-refractivity contribution < 1.29 is 9.53 Å². The number of hydrogen-bond donors (Lipinski definition) is 1. The van der Waals surface area contributed by atoms with Crippen molar-refractivity contribution in [3.05, 3.63) is 11.9 Å². The Kier molecular flexibility index (Phi) is 4.21. The first-order valence-corrected chi connectivity index (χ1v) is 7.69. The Morgan fingerprint density at radius 1 is 1.52 bits per heavy atom. The summed E-state index contributed by atoms with van der Waals surface area (Å²) in [6.07, 6.45) is 4.09. The van der Waals surface area contributed by atoms with Gasteiger partial charge in [-0.3, -0.25) is 4.79 Å². The number of nitrogens with zero attached hydrogens (tertiary/aromatic N) is 4. The minimum atomic E-state index is -0.0329. The Morgan fingerprint density at radius 3 is 3.14 bits per heavy atom. The molecule has 2 saturated heterocycles. The van der Waals surface area contributed by atoms with Crippen LogP contribution >= 0.6 is 0 Å². The summed E-state index contributed by atoms with van der Waals surface area (Å²) in [5, 5.41) is 11.5. The van der Waals surface area contributed by atoms with Gasteiger partial charge in [-0.15, -0.1) is 5.10 Å². The number of ether oxygens (including phenoxy) is 1. The van der Waals surface area contributed by atoms with Crippen LogP contribution in [0, 0.1) is 0 Å². The summed E-state index contributed by atoms with van der Waals surface area (Å²) >= 11 is 0. The quantitative estimate of drug-likeness (QED) is 0.866. The standard InChI is InChI=1S/C14H23N5O2/c1-10-7-19(11(2)6-15-10)14(20)13-9-18(17-16-13)8-12-4-3-5-21-12/h9-12,15H,3-8H2,1-2H3. The van der Waals surface area contributed by atoms with E-state index in [1.54, 1.807) is 10.9 Å². The van der Waals surface area contributed by atoms with Crippen molar-refractivity contribution >= 4 is 5.91 Å². The molecule has 21 heavy (non-hydrogen) atoms. The van der Waals surface area contributed by atoms with E-state index in [2.05, 4.69) is 22.6 Å². The smallest absolute Gasteiger partial charge is 0.276 e. The molecule has 1 amide bonds. The number of rotatable bonds is 3. The molecule has 3 atom stereocenters. The molecule has 116 valence electrons. The number of aromatic nitrogens is 3. The van der Waals surface area contributed by atoms with Crippen molar-refractivity contribution in [2.24, 2.45) is 0 Å². The van der Waals surface area contributed by atoms with Gasteiger partial charge < -0.3 is 15.0 Å². The predicted molar refractivity (Wildman–Crippen MR) is 77.0 cm³/mol. The van der Waals surface area contributed by atoms with Crippen molar-refractivity contribution in [1.29, 1.82) is 0 Å². The molecule has 0 aliphatic carbocycles. The predicted octanol–water partition coefficient (Wildman–Crippen LogP) is 0.280. The van der Waals surface area contributed by atoms with E-state index < -0.39 is 0 Å². The van der Waals surface area contributed by atoms with Gasteiger partial charge in [-0.05, 0) is 26.7 Å². The maximum atomic E-state index is 12.6. The summed E-state index contributed by atoms with van der Waals surface area (Å²) < 4.78 is 7.30. The van der Waals surface area contributed by atoms with Crippen LogP contribution < -0.4 is 5.32 Å². The molecule has 0 aromatic carbocycles. The Balaban J connectivity index is 1.65. The van der Waals surface area contributed by atoms with Gasteiger partial charge in [0, 0.05) is 31.8 Å². The molecule has 2 aliphatic rings. The minimum Gasteiger partial charge on any atom is -0.376 e. The molecule has 7 nitrogen and oxygen atoms in total. The van der Waals surface area contributed by atoms with E-state index in [0.717, 1.165) is 26.0 Å². The van der Waals surface area contributed by atoms with E-state index in [0.29, 0.717) is 24.8 Å². The molecule has 1 aromatic heterocycles. The van der Waals surface area contributed by atoms with Gasteiger partial charge in [0.05, 0.1) is 18.8 Å². The summed E-state index contributed by atoms with van der Waals surface area (Å²) in [4.78, 5) is 14.4. The molecular weight excluding hydrogens is 270 g/mol. The number of nitrogens with one attached hydrogen (secondary N) is 1. The second kappa shape index (κ2) is 6.11. The lowest BCUT2D eigenvalue weighted by atomic mass is 10.1. The summed E-state index contributed by atoms with van der Waals surface area (Å²) in [6, 6.07) is 0.490. The fraction of sp³-hybridized carbons (Fsp3) is 0.786. The van der Waals surface area contributed by atoms with Crippen LogP contribution in [0.4, 0.5) is 0 Å². The monoisotopic (exact) mass is 293 g/mol. The lowest BCUT2D eigenvalue weighted by Gasteiger charge is -2.37. The summed E-state index contributed by atoms with van der Waals surface area (Å²) in [7, 11) is 0. The molecule has 3 unspecified atom stereocenters. The van der Waals surface area contributed by atoms with Crippen molar-refractivity contribution in [3.63, 3.8) is 0 Å². The van der Waals surface area contributed by atoms with Gasteiger partial charge in [0.25, 0.3) is 5.91 Å². The van der Waals surface area contributed by atoms with Crippen LogP contribution in [0.2, 0.25) is 0 Å². The van der Waals surface area contributed by atoms with Crippen LogP contribution in [-0.4, -0.2) is 63.7 Å². The highest BCUT2D eigenvalue weighted by Crippen LogP contribution is 2.14. The number of carbonyl (C=O) groups is 1. The largest absolute Gasteiger partial charge is 0.376 e. The first kappa shape index (κ1) is 14.5. The van der Waals surface area contributed by atoms with E-state index >= 15 is 0 Å². The molecule has 0 bridgehead atoms. The first-order chi connectivity index (χ1) is 10.1. The average Bonchev–Trinajstić information content (AvgIpc) is 3.13. The van der Waals surface area contributed by atoms with Crippen LogP contribution in [0.5, 0.6) is 0 Å². The van der Waals surface area contributed by atoms with Gasteiger partial charge in [0.15, 0.2) is 5.69 Å². The van der Waals surface area contributed by atoms with E-state index in [1.807, 2.05) is 11.8 Å². The molecule has 0 radical (unpaired) electrons. The molecule has 2 fully saturated rings. The maximum absolute atomic E-state index is 12.6. The highest BCUT2D eigenvalue weighted by molar-refractivity contribution is 5.92. The summed E-state index contributed by atoms with van der Waals surface area (Å²) in [5.41, 5.74) is 0.425. The fourth-order valence-corrected chi connectivity index (χ4v) is 2.93. The maximum Gasteiger partial charge on any atom is 0.276 e. The van der Waals surface area contributed by atoms with Crippen LogP contribution in [0.25, 0.3) is 0 Å². The zero-order valence-electron chi connectivity index (χ0n) is 12.7. The van der Waals surface area contributed by atoms with Gasteiger partial charge in [0.2, 0.25) is 0 Å². The molecule has 1 N–H and O–H groups in total. The fourth-order valence-electron chi connectivity index (χ4n) is 2.93. The number of piperazine rings is 1. The molecule has 1 aromatic rings. The van der Waals surface area contributed by atoms with Gasteiger partial charge in [-0.1, -0.05) is 5.21 Å². The van der Waals surface area contributed by atoms with Crippen LogP contribution in [-0.2, 0) is 11.3 Å². The molecule has 0 saturated carbocycles. The lowest BCUT2D eigenvalue weighted by molar-refractivity contribution is 0.0610. The third-order valence-electron chi connectivity index (χ3n) is 4.20. The number of amides is 1. The van der Waals surface area contributed by atoms with Crippen molar-refractivity contribution in [2.45, 2.75) is 51.4 Å². The van der Waals surface area contributed by atoms with E-state index in [1.165, 1.54) is 0 Å². The summed E-state index contributed by atoms with van der Waals surface area (Å²) in [5.74, 6) is -0.0329. The topological polar surface area (TPSA) is 72.3 Å². The highest BCUT2D eigenvalue weighted by atomic mass is 16.5. The Bertz CT molecular complexity index is 497. The van der Waals surface area contributed by atoms with E-state index in [9.17, 15) is 4.79 Å². The van der Waals surface area contributed by atoms with Crippen molar-refractivity contribution in [1.82, 2.24) is 25.2 Å². The zero-order chi connectivity index (χ0) is 14.8. The lowest BCUT2D eigenvalue weighted by Crippen LogP contribution is -2.56. The molecular formula is C14H23N5O2. The normalized spacial score (nSPS) is 29.8. The Labute approximate surface area is 124 Å². The third-order valence-corrected chi connectivity index (χ3v) is 4.20. The molecule has 3 heterocycles. The van der Waals surface area contributed by atoms with E-state index in [-0.39, 0.29) is 18.1 Å². The van der Waals surface area contributed by atoms with Gasteiger partial charge in [0.1, 0.15) is 0 Å². The zero-order valence-corrected chi connectivity index (χ0v) is 12.7. The van der Waals surface area contributed by atoms with Crippen molar-refractivity contribution in [2.75, 3.05) is 19.7 Å². The average molecular weight is 293 g/mol. The second-order valence-corrected chi connectivity index (χ2v) is 6.08. The van der Waals surface area contributed by atoms with Crippen LogP contribution in [0.3, 0.4) is 0 Å². The molecule has 0 spiro atoms. The van der Waals surface area contributed by atoms with Gasteiger partial charge in [-0.2, -0.15) is 0 Å². The molecule has 2 aliphatic heterocycles. The van der Waals surface area contributed by atoms with Gasteiger partial charge >= 0.3 is 0 Å². The number of carbonyl (C=O) groups excluding carboxylic acids is 1. The van der Waals surface area contributed by atoms with Crippen LogP contribution in [0.1, 0.15) is 37.2 Å². The number of hydrogen-bond acceptors (Lipinski definition) is 5. The molecule has 7 heteroatoms. The van der Waals surface area contributed by atoms with Crippen molar-refractivity contribution in [3.8, 4) is 0 Å². The molecule has 3 rings (SSSR count). The Morgan fingerprint density at radius 2 is 2.38 bits per heavy atom. The summed E-state index contributed by atoms with van der Waals surface area (Å²) in [6.45, 7) is 7.15. The van der Waals surface area contributed by atoms with E-state index in [4.69, 9.17) is 4.74 Å². The Hall–Kier alpha value is -1.47. The highest BCUT2D eigenvalue weighted by Gasteiger charge is 2.29. The SMILES string of the molecule is CC1CN(C(=O)c2cn(CC3CCCO3)nn2)C(C)CN1.